The van der Waals surface area contributed by atoms with Crippen LogP contribution in [0.15, 0.2) is 18.2 Å². The van der Waals surface area contributed by atoms with Crippen LogP contribution in [-0.2, 0) is 6.54 Å². The Morgan fingerprint density at radius 1 is 1.50 bits per heavy atom. The Bertz CT molecular complexity index is 462. The SMILES string of the molecule is Cc1nn(CCN)c2cccc(Cl)c12. The first-order valence-corrected chi connectivity index (χ1v) is 4.93. The first kappa shape index (κ1) is 9.49. The van der Waals surface area contributed by atoms with E-state index < -0.39 is 0 Å². The van der Waals surface area contributed by atoms with Crippen molar-refractivity contribution in [1.82, 2.24) is 9.78 Å². The smallest absolute Gasteiger partial charge is 0.0700 e. The maximum Gasteiger partial charge on any atom is 0.0700 e. The highest BCUT2D eigenvalue weighted by atomic mass is 35.5. The Morgan fingerprint density at radius 2 is 2.29 bits per heavy atom. The van der Waals surface area contributed by atoms with E-state index in [1.807, 2.05) is 29.8 Å². The van der Waals surface area contributed by atoms with Crippen molar-refractivity contribution < 1.29 is 0 Å². The molecule has 0 aliphatic rings. The molecule has 0 bridgehead atoms. The Labute approximate surface area is 87.5 Å². The monoisotopic (exact) mass is 209 g/mol. The van der Waals surface area contributed by atoms with Gasteiger partial charge in [0, 0.05) is 11.9 Å². The van der Waals surface area contributed by atoms with Crippen LogP contribution in [0, 0.1) is 6.92 Å². The summed E-state index contributed by atoms with van der Waals surface area (Å²) in [6.07, 6.45) is 0. The van der Waals surface area contributed by atoms with E-state index in [1.165, 1.54) is 0 Å². The molecule has 1 heterocycles. The number of rotatable bonds is 2. The van der Waals surface area contributed by atoms with E-state index in [-0.39, 0.29) is 0 Å². The molecule has 2 N–H and O–H groups in total. The summed E-state index contributed by atoms with van der Waals surface area (Å²) in [7, 11) is 0. The summed E-state index contributed by atoms with van der Waals surface area (Å²) in [6.45, 7) is 3.27. The summed E-state index contributed by atoms with van der Waals surface area (Å²) < 4.78 is 1.90. The van der Waals surface area contributed by atoms with Gasteiger partial charge < -0.3 is 5.73 Å². The summed E-state index contributed by atoms with van der Waals surface area (Å²) >= 11 is 6.09. The zero-order chi connectivity index (χ0) is 10.1. The number of halogens is 1. The molecule has 0 aliphatic carbocycles. The fraction of sp³-hybridized carbons (Fsp3) is 0.300. The van der Waals surface area contributed by atoms with Crippen molar-refractivity contribution in [2.75, 3.05) is 6.54 Å². The van der Waals surface area contributed by atoms with Crippen LogP contribution in [-0.4, -0.2) is 16.3 Å². The molecular formula is C10H12ClN3. The van der Waals surface area contributed by atoms with Gasteiger partial charge in [0.1, 0.15) is 0 Å². The Kier molecular flexibility index (Phi) is 2.44. The van der Waals surface area contributed by atoms with Gasteiger partial charge in [-0.25, -0.2) is 0 Å². The van der Waals surface area contributed by atoms with Gasteiger partial charge in [0.05, 0.1) is 22.8 Å². The standard InChI is InChI=1S/C10H12ClN3/c1-7-10-8(11)3-2-4-9(10)14(13-7)6-5-12/h2-4H,5-6,12H2,1H3. The van der Waals surface area contributed by atoms with Crippen molar-refractivity contribution in [2.24, 2.45) is 5.73 Å². The van der Waals surface area contributed by atoms with Crippen LogP contribution in [0.4, 0.5) is 0 Å². The lowest BCUT2D eigenvalue weighted by molar-refractivity contribution is 0.640. The van der Waals surface area contributed by atoms with Gasteiger partial charge in [0.2, 0.25) is 0 Å². The third kappa shape index (κ3) is 1.38. The minimum absolute atomic E-state index is 0.586. The lowest BCUT2D eigenvalue weighted by Crippen LogP contribution is -2.10. The van der Waals surface area contributed by atoms with Crippen LogP contribution in [0.1, 0.15) is 5.69 Å². The number of aromatic nitrogens is 2. The fourth-order valence-electron chi connectivity index (χ4n) is 1.66. The van der Waals surface area contributed by atoms with Gasteiger partial charge in [-0.2, -0.15) is 5.10 Å². The third-order valence-corrected chi connectivity index (χ3v) is 2.56. The lowest BCUT2D eigenvalue weighted by atomic mass is 10.2. The van der Waals surface area contributed by atoms with Crippen LogP contribution in [0.25, 0.3) is 10.9 Å². The number of benzene rings is 1. The predicted octanol–water partition coefficient (Wildman–Crippen LogP) is 1.96. The molecule has 1 aromatic carbocycles. The van der Waals surface area contributed by atoms with Crippen molar-refractivity contribution in [1.29, 1.82) is 0 Å². The molecule has 1 aromatic heterocycles. The van der Waals surface area contributed by atoms with Crippen LogP contribution in [0.3, 0.4) is 0 Å². The van der Waals surface area contributed by atoms with Gasteiger partial charge in [-0.15, -0.1) is 0 Å². The molecule has 74 valence electrons. The molecule has 0 saturated heterocycles. The highest BCUT2D eigenvalue weighted by Crippen LogP contribution is 2.25. The van der Waals surface area contributed by atoms with Crippen molar-refractivity contribution in [3.63, 3.8) is 0 Å². The Hall–Kier alpha value is -1.06. The second-order valence-electron chi connectivity index (χ2n) is 3.23. The number of fused-ring (bicyclic) bond motifs is 1. The molecule has 14 heavy (non-hydrogen) atoms. The van der Waals surface area contributed by atoms with E-state index >= 15 is 0 Å². The van der Waals surface area contributed by atoms with Gasteiger partial charge in [-0.05, 0) is 19.1 Å². The summed E-state index contributed by atoms with van der Waals surface area (Å²) in [5, 5.41) is 6.18. The number of hydrogen-bond donors (Lipinski definition) is 1. The molecule has 0 aliphatic heterocycles. The summed E-state index contributed by atoms with van der Waals surface area (Å²) in [5.74, 6) is 0. The summed E-state index contributed by atoms with van der Waals surface area (Å²) in [5.41, 5.74) is 7.52. The third-order valence-electron chi connectivity index (χ3n) is 2.24. The Morgan fingerprint density at radius 3 is 3.00 bits per heavy atom. The van der Waals surface area contributed by atoms with E-state index in [9.17, 15) is 0 Å². The molecule has 0 saturated carbocycles. The number of hydrogen-bond acceptors (Lipinski definition) is 2. The minimum atomic E-state index is 0.586. The van der Waals surface area contributed by atoms with Gasteiger partial charge >= 0.3 is 0 Å². The largest absolute Gasteiger partial charge is 0.329 e. The summed E-state index contributed by atoms with van der Waals surface area (Å²) in [6, 6.07) is 5.82. The molecule has 0 unspecified atom stereocenters. The van der Waals surface area contributed by atoms with Crippen LogP contribution in [0.5, 0.6) is 0 Å². The highest BCUT2D eigenvalue weighted by Gasteiger charge is 2.08. The first-order valence-electron chi connectivity index (χ1n) is 4.55. The van der Waals surface area contributed by atoms with E-state index in [2.05, 4.69) is 5.10 Å². The maximum absolute atomic E-state index is 6.09. The molecule has 0 fully saturated rings. The zero-order valence-corrected chi connectivity index (χ0v) is 8.75. The van der Waals surface area contributed by atoms with Gasteiger partial charge in [0.15, 0.2) is 0 Å². The molecular weight excluding hydrogens is 198 g/mol. The molecule has 0 spiro atoms. The second-order valence-corrected chi connectivity index (χ2v) is 3.64. The van der Waals surface area contributed by atoms with Crippen molar-refractivity contribution in [2.45, 2.75) is 13.5 Å². The zero-order valence-electron chi connectivity index (χ0n) is 8.00. The minimum Gasteiger partial charge on any atom is -0.329 e. The van der Waals surface area contributed by atoms with E-state index in [0.717, 1.165) is 28.2 Å². The van der Waals surface area contributed by atoms with Gasteiger partial charge in [-0.1, -0.05) is 17.7 Å². The average molecular weight is 210 g/mol. The fourth-order valence-corrected chi connectivity index (χ4v) is 1.97. The molecule has 0 amide bonds. The van der Waals surface area contributed by atoms with E-state index in [1.54, 1.807) is 0 Å². The number of nitrogens with two attached hydrogens (primary N) is 1. The average Bonchev–Trinajstić information content (AvgIpc) is 2.46. The predicted molar refractivity (Wildman–Crippen MR) is 58.5 cm³/mol. The van der Waals surface area contributed by atoms with Crippen LogP contribution in [0.2, 0.25) is 5.02 Å². The van der Waals surface area contributed by atoms with Gasteiger partial charge in [0.25, 0.3) is 0 Å². The van der Waals surface area contributed by atoms with Crippen molar-refractivity contribution in [3.8, 4) is 0 Å². The first-order chi connectivity index (χ1) is 6.74. The number of nitrogens with zero attached hydrogens (tertiary/aromatic N) is 2. The quantitative estimate of drug-likeness (QED) is 0.822. The Balaban J connectivity index is 2.71. The van der Waals surface area contributed by atoms with Crippen LogP contribution < -0.4 is 5.73 Å². The van der Waals surface area contributed by atoms with Gasteiger partial charge in [-0.3, -0.25) is 4.68 Å². The van der Waals surface area contributed by atoms with E-state index in [4.69, 9.17) is 17.3 Å². The van der Waals surface area contributed by atoms with E-state index in [0.29, 0.717) is 6.54 Å². The topological polar surface area (TPSA) is 43.8 Å². The molecule has 2 aromatic rings. The van der Waals surface area contributed by atoms with Crippen molar-refractivity contribution >= 4 is 22.5 Å². The lowest BCUT2D eigenvalue weighted by Gasteiger charge is -1.99. The highest BCUT2D eigenvalue weighted by molar-refractivity contribution is 6.35. The molecule has 2 rings (SSSR count). The molecule has 0 atom stereocenters. The second kappa shape index (κ2) is 3.59. The normalized spacial score (nSPS) is 11.1. The number of aryl methyl sites for hydroxylation is 1. The molecule has 0 radical (unpaired) electrons. The van der Waals surface area contributed by atoms with Crippen LogP contribution >= 0.6 is 11.6 Å². The molecule has 4 heteroatoms. The van der Waals surface area contributed by atoms with Crippen molar-refractivity contribution in [3.05, 3.63) is 28.9 Å². The maximum atomic E-state index is 6.09. The molecule has 3 nitrogen and oxygen atoms in total. The summed E-state index contributed by atoms with van der Waals surface area (Å²) in [4.78, 5) is 0.